The van der Waals surface area contributed by atoms with Crippen LogP contribution in [0.3, 0.4) is 0 Å². The summed E-state index contributed by atoms with van der Waals surface area (Å²) < 4.78 is 11.2. The van der Waals surface area contributed by atoms with Gasteiger partial charge in [-0.3, -0.25) is 0 Å². The number of methoxy groups -OCH3 is 1. The summed E-state index contributed by atoms with van der Waals surface area (Å²) in [7, 11) is 1.73. The highest BCUT2D eigenvalue weighted by molar-refractivity contribution is 7.10. The predicted molar refractivity (Wildman–Crippen MR) is 72.5 cm³/mol. The van der Waals surface area contributed by atoms with Gasteiger partial charge < -0.3 is 15.2 Å². The van der Waals surface area contributed by atoms with E-state index < -0.39 is 0 Å². The first-order valence-electron chi connectivity index (χ1n) is 5.91. The van der Waals surface area contributed by atoms with Crippen LogP contribution in [0.2, 0.25) is 0 Å². The summed E-state index contributed by atoms with van der Waals surface area (Å²) in [5.41, 5.74) is 6.89. The SMILES string of the molecule is COC(C)(C)CCOC(CN)c1sccc1C. The standard InChI is InChI=1S/C13H23NO2S/c1-10-5-8-17-12(10)11(9-14)16-7-6-13(2,3)15-4/h5,8,11H,6-7,9,14H2,1-4H3. The zero-order valence-electron chi connectivity index (χ0n) is 11.2. The molecule has 0 saturated carbocycles. The Labute approximate surface area is 108 Å². The van der Waals surface area contributed by atoms with E-state index in [1.165, 1.54) is 10.4 Å². The molecule has 1 heterocycles. The largest absolute Gasteiger partial charge is 0.379 e. The first-order chi connectivity index (χ1) is 8.00. The van der Waals surface area contributed by atoms with Gasteiger partial charge in [0.05, 0.1) is 12.2 Å². The number of rotatable bonds is 7. The van der Waals surface area contributed by atoms with Crippen molar-refractivity contribution in [3.8, 4) is 0 Å². The number of nitrogens with two attached hydrogens (primary N) is 1. The van der Waals surface area contributed by atoms with Crippen LogP contribution >= 0.6 is 11.3 Å². The minimum atomic E-state index is -0.135. The van der Waals surface area contributed by atoms with E-state index in [1.807, 2.05) is 0 Å². The molecule has 0 aliphatic rings. The maximum absolute atomic E-state index is 5.86. The van der Waals surface area contributed by atoms with Crippen LogP contribution in [-0.4, -0.2) is 25.9 Å². The van der Waals surface area contributed by atoms with E-state index in [-0.39, 0.29) is 11.7 Å². The molecule has 0 radical (unpaired) electrons. The topological polar surface area (TPSA) is 44.5 Å². The molecule has 0 aliphatic heterocycles. The van der Waals surface area contributed by atoms with Gasteiger partial charge in [0, 0.05) is 18.5 Å². The van der Waals surface area contributed by atoms with Crippen molar-refractivity contribution in [2.45, 2.75) is 38.9 Å². The van der Waals surface area contributed by atoms with Crippen LogP contribution in [0.4, 0.5) is 0 Å². The number of thiophene rings is 1. The van der Waals surface area contributed by atoms with Crippen molar-refractivity contribution >= 4 is 11.3 Å². The Kier molecular flexibility index (Phi) is 5.59. The van der Waals surface area contributed by atoms with Crippen LogP contribution in [0.15, 0.2) is 11.4 Å². The summed E-state index contributed by atoms with van der Waals surface area (Å²) >= 11 is 1.71. The Bertz CT molecular complexity index is 336. The Morgan fingerprint density at radius 1 is 1.47 bits per heavy atom. The van der Waals surface area contributed by atoms with Crippen molar-refractivity contribution in [3.63, 3.8) is 0 Å². The molecule has 0 saturated heterocycles. The Morgan fingerprint density at radius 2 is 2.18 bits per heavy atom. The quantitative estimate of drug-likeness (QED) is 0.817. The predicted octanol–water partition coefficient (Wildman–Crippen LogP) is 2.89. The van der Waals surface area contributed by atoms with Crippen molar-refractivity contribution in [2.24, 2.45) is 5.73 Å². The zero-order valence-corrected chi connectivity index (χ0v) is 12.0. The van der Waals surface area contributed by atoms with E-state index in [1.54, 1.807) is 18.4 Å². The van der Waals surface area contributed by atoms with Gasteiger partial charge >= 0.3 is 0 Å². The second-order valence-corrected chi connectivity index (χ2v) is 5.72. The molecule has 98 valence electrons. The van der Waals surface area contributed by atoms with Gasteiger partial charge in [0.15, 0.2) is 0 Å². The fourth-order valence-electron chi connectivity index (χ4n) is 1.51. The Hall–Kier alpha value is -0.420. The summed E-state index contributed by atoms with van der Waals surface area (Å²) in [5, 5.41) is 2.08. The lowest BCUT2D eigenvalue weighted by molar-refractivity contribution is -0.0251. The van der Waals surface area contributed by atoms with Crippen molar-refractivity contribution in [1.82, 2.24) is 0 Å². The third kappa shape index (κ3) is 4.39. The molecule has 0 fully saturated rings. The molecule has 4 heteroatoms. The summed E-state index contributed by atoms with van der Waals surface area (Å²) in [5.74, 6) is 0. The normalized spacial score (nSPS) is 13.9. The third-order valence-electron chi connectivity index (χ3n) is 2.98. The van der Waals surface area contributed by atoms with Crippen LogP contribution in [0.25, 0.3) is 0 Å². The Balaban J connectivity index is 2.47. The second-order valence-electron chi connectivity index (χ2n) is 4.78. The molecule has 0 amide bonds. The van der Waals surface area contributed by atoms with Crippen LogP contribution in [0.5, 0.6) is 0 Å². The van der Waals surface area contributed by atoms with E-state index in [0.717, 1.165) is 6.42 Å². The van der Waals surface area contributed by atoms with Gasteiger partial charge in [-0.1, -0.05) is 0 Å². The highest BCUT2D eigenvalue weighted by Crippen LogP contribution is 2.26. The molecule has 1 rings (SSSR count). The van der Waals surface area contributed by atoms with Crippen molar-refractivity contribution in [2.75, 3.05) is 20.3 Å². The van der Waals surface area contributed by atoms with Gasteiger partial charge in [-0.05, 0) is 44.2 Å². The average Bonchev–Trinajstić information content (AvgIpc) is 2.71. The van der Waals surface area contributed by atoms with Crippen LogP contribution in [0.1, 0.15) is 36.8 Å². The van der Waals surface area contributed by atoms with E-state index >= 15 is 0 Å². The van der Waals surface area contributed by atoms with Crippen LogP contribution in [0, 0.1) is 6.92 Å². The molecule has 3 nitrogen and oxygen atoms in total. The van der Waals surface area contributed by atoms with Crippen molar-refractivity contribution < 1.29 is 9.47 Å². The van der Waals surface area contributed by atoms with Gasteiger partial charge in [0.25, 0.3) is 0 Å². The molecule has 1 aromatic rings. The van der Waals surface area contributed by atoms with Gasteiger partial charge in [-0.25, -0.2) is 0 Å². The molecule has 0 aliphatic carbocycles. The molecule has 0 aromatic carbocycles. The molecule has 0 spiro atoms. The van der Waals surface area contributed by atoms with Gasteiger partial charge in [0.1, 0.15) is 6.10 Å². The first-order valence-corrected chi connectivity index (χ1v) is 6.79. The molecule has 17 heavy (non-hydrogen) atoms. The number of hydrogen-bond acceptors (Lipinski definition) is 4. The number of ether oxygens (including phenoxy) is 2. The fourth-order valence-corrected chi connectivity index (χ4v) is 2.50. The van der Waals surface area contributed by atoms with Crippen LogP contribution in [-0.2, 0) is 9.47 Å². The van der Waals surface area contributed by atoms with Crippen LogP contribution < -0.4 is 5.73 Å². The molecule has 1 atom stereocenters. The highest BCUT2D eigenvalue weighted by Gasteiger charge is 2.19. The van der Waals surface area contributed by atoms with Crippen molar-refractivity contribution in [3.05, 3.63) is 21.9 Å². The second kappa shape index (κ2) is 6.50. The van der Waals surface area contributed by atoms with E-state index in [0.29, 0.717) is 13.2 Å². The number of aryl methyl sites for hydroxylation is 1. The zero-order chi connectivity index (χ0) is 12.9. The van der Waals surface area contributed by atoms with Gasteiger partial charge in [-0.2, -0.15) is 0 Å². The van der Waals surface area contributed by atoms with Crippen molar-refractivity contribution in [1.29, 1.82) is 0 Å². The van der Waals surface area contributed by atoms with E-state index in [9.17, 15) is 0 Å². The molecular formula is C13H23NO2S. The first kappa shape index (κ1) is 14.6. The highest BCUT2D eigenvalue weighted by atomic mass is 32.1. The molecular weight excluding hydrogens is 234 g/mol. The summed E-state index contributed by atoms with van der Waals surface area (Å²) in [6, 6.07) is 2.10. The minimum absolute atomic E-state index is 0.0163. The maximum Gasteiger partial charge on any atom is 0.104 e. The van der Waals surface area contributed by atoms with E-state index in [4.69, 9.17) is 15.2 Å². The molecule has 1 aromatic heterocycles. The maximum atomic E-state index is 5.86. The fraction of sp³-hybridized carbons (Fsp3) is 0.692. The average molecular weight is 257 g/mol. The smallest absolute Gasteiger partial charge is 0.104 e. The summed E-state index contributed by atoms with van der Waals surface area (Å²) in [6.07, 6.45) is 0.882. The Morgan fingerprint density at radius 3 is 2.65 bits per heavy atom. The number of hydrogen-bond donors (Lipinski definition) is 1. The lowest BCUT2D eigenvalue weighted by Crippen LogP contribution is -2.26. The molecule has 1 unspecified atom stereocenters. The monoisotopic (exact) mass is 257 g/mol. The minimum Gasteiger partial charge on any atom is -0.379 e. The van der Waals surface area contributed by atoms with E-state index in [2.05, 4.69) is 32.2 Å². The van der Waals surface area contributed by atoms with Gasteiger partial charge in [-0.15, -0.1) is 11.3 Å². The van der Waals surface area contributed by atoms with Gasteiger partial charge in [0.2, 0.25) is 0 Å². The third-order valence-corrected chi connectivity index (χ3v) is 4.09. The molecule has 2 N–H and O–H groups in total. The summed E-state index contributed by atoms with van der Waals surface area (Å²) in [4.78, 5) is 1.24. The lowest BCUT2D eigenvalue weighted by Gasteiger charge is -2.24. The molecule has 0 bridgehead atoms. The summed E-state index contributed by atoms with van der Waals surface area (Å²) in [6.45, 7) is 7.40. The lowest BCUT2D eigenvalue weighted by atomic mass is 10.1.